The van der Waals surface area contributed by atoms with Gasteiger partial charge in [-0.3, -0.25) is 0 Å². The minimum absolute atomic E-state index is 1.17. The summed E-state index contributed by atoms with van der Waals surface area (Å²) in [6, 6.07) is 27.4. The van der Waals surface area contributed by atoms with Crippen molar-refractivity contribution in [3.63, 3.8) is 0 Å². The Balaban J connectivity index is 2.00. The number of hydrogen-bond acceptors (Lipinski definition) is 0. The molecule has 0 atom stereocenters. The van der Waals surface area contributed by atoms with Gasteiger partial charge in [-0.2, -0.15) is 0 Å². The summed E-state index contributed by atoms with van der Waals surface area (Å²) in [5, 5.41) is 0. The Hall–Kier alpha value is -2.60. The molecule has 0 saturated carbocycles. The van der Waals surface area contributed by atoms with E-state index in [4.69, 9.17) is 0 Å². The van der Waals surface area contributed by atoms with Crippen molar-refractivity contribution < 1.29 is 0 Å². The first-order valence-corrected chi connectivity index (χ1v) is 6.76. The highest BCUT2D eigenvalue weighted by Gasteiger charge is 2.02. The second kappa shape index (κ2) is 5.58. The Morgan fingerprint density at radius 3 is 1.80 bits per heavy atom. The van der Waals surface area contributed by atoms with Crippen LogP contribution in [0.4, 0.5) is 0 Å². The predicted molar refractivity (Wildman–Crippen MR) is 87.4 cm³/mol. The van der Waals surface area contributed by atoms with Crippen LogP contribution >= 0.6 is 0 Å². The first-order valence-electron chi connectivity index (χ1n) is 6.76. The maximum atomic E-state index is 3.88. The van der Waals surface area contributed by atoms with E-state index in [0.717, 1.165) is 0 Å². The summed E-state index contributed by atoms with van der Waals surface area (Å²) in [6.45, 7) is 3.88. The highest BCUT2D eigenvalue weighted by molar-refractivity contribution is 5.76. The van der Waals surface area contributed by atoms with Crippen LogP contribution < -0.4 is 0 Å². The molecule has 0 heterocycles. The van der Waals surface area contributed by atoms with Gasteiger partial charge in [-0.05, 0) is 27.8 Å². The number of hydrogen-bond donors (Lipinski definition) is 0. The normalized spacial score (nSPS) is 10.2. The summed E-state index contributed by atoms with van der Waals surface area (Å²) in [7, 11) is 0. The lowest BCUT2D eigenvalue weighted by Gasteiger charge is -2.07. The molecule has 0 aromatic heterocycles. The second-order valence-electron chi connectivity index (χ2n) is 4.73. The van der Waals surface area contributed by atoms with Gasteiger partial charge in [0, 0.05) is 0 Å². The van der Waals surface area contributed by atoms with Gasteiger partial charge in [0.25, 0.3) is 0 Å². The fourth-order valence-electron chi connectivity index (χ4n) is 2.41. The van der Waals surface area contributed by atoms with Crippen LogP contribution in [-0.4, -0.2) is 0 Å². The zero-order valence-electron chi connectivity index (χ0n) is 11.3. The zero-order chi connectivity index (χ0) is 13.8. The molecular weight excluding hydrogens is 240 g/mol. The van der Waals surface area contributed by atoms with E-state index in [2.05, 4.69) is 73.3 Å². The van der Waals surface area contributed by atoms with Crippen LogP contribution in [0.3, 0.4) is 0 Å². The molecule has 3 aromatic carbocycles. The van der Waals surface area contributed by atoms with E-state index in [9.17, 15) is 0 Å². The molecule has 0 nitrogen and oxygen atoms in total. The summed E-state index contributed by atoms with van der Waals surface area (Å²) in [5.74, 6) is 0. The average Bonchev–Trinajstić information content (AvgIpc) is 2.56. The van der Waals surface area contributed by atoms with E-state index in [1.54, 1.807) is 0 Å². The summed E-state index contributed by atoms with van der Waals surface area (Å²) < 4.78 is 0. The van der Waals surface area contributed by atoms with Gasteiger partial charge in [-0.15, -0.1) is 0 Å². The highest BCUT2D eigenvalue weighted by Crippen LogP contribution is 2.27. The van der Waals surface area contributed by atoms with Gasteiger partial charge >= 0.3 is 0 Å². The lowest BCUT2D eigenvalue weighted by Crippen LogP contribution is -1.83. The SMILES string of the molecule is C=Cc1ccccc1-c1ccc(-c2ccccc2)cc1. The van der Waals surface area contributed by atoms with E-state index in [-0.39, 0.29) is 0 Å². The molecule has 0 spiro atoms. The molecule has 0 amide bonds. The van der Waals surface area contributed by atoms with Gasteiger partial charge in [0.2, 0.25) is 0 Å². The van der Waals surface area contributed by atoms with Crippen molar-refractivity contribution >= 4 is 6.08 Å². The lowest BCUT2D eigenvalue weighted by atomic mass is 9.97. The van der Waals surface area contributed by atoms with Gasteiger partial charge in [0.15, 0.2) is 0 Å². The first kappa shape index (κ1) is 12.4. The molecular formula is C20H16. The Labute approximate surface area is 120 Å². The van der Waals surface area contributed by atoms with Gasteiger partial charge in [-0.1, -0.05) is 91.5 Å². The maximum absolute atomic E-state index is 3.88. The Bertz CT molecular complexity index is 707. The molecule has 0 fully saturated rings. The first-order chi connectivity index (χ1) is 9.88. The van der Waals surface area contributed by atoms with Crippen molar-refractivity contribution in [1.82, 2.24) is 0 Å². The van der Waals surface area contributed by atoms with Gasteiger partial charge in [0.05, 0.1) is 0 Å². The molecule has 3 rings (SSSR count). The summed E-state index contributed by atoms with van der Waals surface area (Å²) in [4.78, 5) is 0. The molecule has 0 saturated heterocycles. The van der Waals surface area contributed by atoms with Crippen LogP contribution in [0, 0.1) is 0 Å². The Kier molecular flexibility index (Phi) is 3.47. The minimum Gasteiger partial charge on any atom is -0.0984 e. The van der Waals surface area contributed by atoms with E-state index in [1.165, 1.54) is 27.8 Å². The van der Waals surface area contributed by atoms with Crippen LogP contribution in [0.2, 0.25) is 0 Å². The molecule has 0 aliphatic carbocycles. The molecule has 0 unspecified atom stereocenters. The summed E-state index contributed by atoms with van der Waals surface area (Å²) in [5.41, 5.74) is 6.10. The van der Waals surface area contributed by atoms with E-state index >= 15 is 0 Å². The second-order valence-corrected chi connectivity index (χ2v) is 4.73. The predicted octanol–water partition coefficient (Wildman–Crippen LogP) is 5.66. The van der Waals surface area contributed by atoms with Crippen LogP contribution in [0.1, 0.15) is 5.56 Å². The molecule has 20 heavy (non-hydrogen) atoms. The molecule has 96 valence electrons. The van der Waals surface area contributed by atoms with Crippen LogP contribution in [0.15, 0.2) is 85.4 Å². The van der Waals surface area contributed by atoms with Crippen molar-refractivity contribution in [2.75, 3.05) is 0 Å². The molecule has 3 aromatic rings. The quantitative estimate of drug-likeness (QED) is 0.567. The summed E-state index contributed by atoms with van der Waals surface area (Å²) in [6.07, 6.45) is 1.90. The average molecular weight is 256 g/mol. The molecule has 0 radical (unpaired) electrons. The fraction of sp³-hybridized carbons (Fsp3) is 0. The van der Waals surface area contributed by atoms with Crippen molar-refractivity contribution in [2.45, 2.75) is 0 Å². The molecule has 0 bridgehead atoms. The third kappa shape index (κ3) is 2.41. The largest absolute Gasteiger partial charge is 0.0984 e. The summed E-state index contributed by atoms with van der Waals surface area (Å²) >= 11 is 0. The fourth-order valence-corrected chi connectivity index (χ4v) is 2.41. The van der Waals surface area contributed by atoms with Crippen LogP contribution in [0.5, 0.6) is 0 Å². The molecule has 0 aliphatic rings. The lowest BCUT2D eigenvalue weighted by molar-refractivity contribution is 1.57. The van der Waals surface area contributed by atoms with E-state index in [1.807, 2.05) is 18.2 Å². The maximum Gasteiger partial charge on any atom is -0.0112 e. The monoisotopic (exact) mass is 256 g/mol. The number of benzene rings is 3. The van der Waals surface area contributed by atoms with E-state index < -0.39 is 0 Å². The molecule has 0 heteroatoms. The zero-order valence-corrected chi connectivity index (χ0v) is 11.3. The molecule has 0 aliphatic heterocycles. The standard InChI is InChI=1S/C20H16/c1-2-16-8-6-7-11-20(16)19-14-12-18(13-15-19)17-9-4-3-5-10-17/h2-15H,1H2. The van der Waals surface area contributed by atoms with Crippen molar-refractivity contribution in [2.24, 2.45) is 0 Å². The topological polar surface area (TPSA) is 0 Å². The third-order valence-electron chi connectivity index (χ3n) is 3.48. The van der Waals surface area contributed by atoms with Crippen LogP contribution in [0.25, 0.3) is 28.3 Å². The van der Waals surface area contributed by atoms with Crippen molar-refractivity contribution in [1.29, 1.82) is 0 Å². The Morgan fingerprint density at radius 2 is 1.10 bits per heavy atom. The number of rotatable bonds is 3. The van der Waals surface area contributed by atoms with Gasteiger partial charge in [0.1, 0.15) is 0 Å². The Morgan fingerprint density at radius 1 is 0.550 bits per heavy atom. The highest BCUT2D eigenvalue weighted by atomic mass is 14.1. The van der Waals surface area contributed by atoms with Gasteiger partial charge in [-0.25, -0.2) is 0 Å². The third-order valence-corrected chi connectivity index (χ3v) is 3.48. The minimum atomic E-state index is 1.17. The van der Waals surface area contributed by atoms with E-state index in [0.29, 0.717) is 0 Å². The van der Waals surface area contributed by atoms with Crippen molar-refractivity contribution in [3.8, 4) is 22.3 Å². The molecule has 0 N–H and O–H groups in total. The van der Waals surface area contributed by atoms with Gasteiger partial charge < -0.3 is 0 Å². The van der Waals surface area contributed by atoms with Crippen molar-refractivity contribution in [3.05, 3.63) is 91.0 Å². The smallest absolute Gasteiger partial charge is 0.0112 e. The van der Waals surface area contributed by atoms with Crippen LogP contribution in [-0.2, 0) is 0 Å².